The third kappa shape index (κ3) is 9.20. The fourth-order valence-electron chi connectivity index (χ4n) is 3.50. The van der Waals surface area contributed by atoms with Crippen LogP contribution < -0.4 is 4.89 Å². The third-order valence-electron chi connectivity index (χ3n) is 5.41. The van der Waals surface area contributed by atoms with Crippen molar-refractivity contribution in [2.75, 3.05) is 12.8 Å². The van der Waals surface area contributed by atoms with Crippen molar-refractivity contribution in [2.24, 2.45) is 0 Å². The van der Waals surface area contributed by atoms with Gasteiger partial charge in [0.15, 0.2) is 5.75 Å². The number of rotatable bonds is 17. The smallest absolute Gasteiger partial charge is 0.328 e. The van der Waals surface area contributed by atoms with Gasteiger partial charge < -0.3 is 9.41 Å². The van der Waals surface area contributed by atoms with E-state index in [0.29, 0.717) is 12.4 Å². The highest BCUT2D eigenvalue weighted by Gasteiger charge is 2.24. The van der Waals surface area contributed by atoms with Crippen molar-refractivity contribution < 1.29 is 18.7 Å². The molecule has 168 valence electrons. The summed E-state index contributed by atoms with van der Waals surface area (Å²) in [5, 5.41) is 1.97. The van der Waals surface area contributed by atoms with Gasteiger partial charge in [0.05, 0.1) is 12.8 Å². The lowest BCUT2D eigenvalue weighted by molar-refractivity contribution is -0.111. The van der Waals surface area contributed by atoms with Gasteiger partial charge in [-0.05, 0) is 17.9 Å². The standard InChI is InChI=1S/C25H39O4P/c1-3-5-6-7-8-9-10-11-12-13-16-22-27-30(26,4-2)29-28-25-21-17-19-23-18-14-15-20-24(23)25/h14-15,17-21H,3-13,16,22H2,1-2H3. The molecule has 0 spiro atoms. The summed E-state index contributed by atoms with van der Waals surface area (Å²) in [5.74, 6) is 0.556. The molecular formula is C25H39O4P. The highest BCUT2D eigenvalue weighted by molar-refractivity contribution is 7.53. The van der Waals surface area contributed by atoms with Crippen LogP contribution in [0.4, 0.5) is 0 Å². The molecule has 0 amide bonds. The van der Waals surface area contributed by atoms with E-state index in [1.807, 2.05) is 42.5 Å². The molecule has 0 aliphatic heterocycles. The zero-order valence-corrected chi connectivity index (χ0v) is 19.7. The zero-order valence-electron chi connectivity index (χ0n) is 18.8. The van der Waals surface area contributed by atoms with Crippen molar-refractivity contribution in [1.29, 1.82) is 0 Å². The molecule has 4 nitrogen and oxygen atoms in total. The van der Waals surface area contributed by atoms with Gasteiger partial charge in [0, 0.05) is 5.39 Å². The molecule has 0 N–H and O–H groups in total. The summed E-state index contributed by atoms with van der Waals surface area (Å²) in [5.41, 5.74) is 0. The number of hydrogen-bond donors (Lipinski definition) is 0. The van der Waals surface area contributed by atoms with Crippen molar-refractivity contribution in [2.45, 2.75) is 84.5 Å². The molecule has 5 heteroatoms. The maximum Gasteiger partial charge on any atom is 0.368 e. The second-order valence-electron chi connectivity index (χ2n) is 7.93. The van der Waals surface area contributed by atoms with Crippen molar-refractivity contribution in [3.8, 4) is 5.75 Å². The molecular weight excluding hydrogens is 395 g/mol. The van der Waals surface area contributed by atoms with E-state index in [0.717, 1.165) is 23.6 Å². The molecule has 0 saturated carbocycles. The molecule has 0 aromatic heterocycles. The predicted molar refractivity (Wildman–Crippen MR) is 126 cm³/mol. The van der Waals surface area contributed by atoms with Gasteiger partial charge in [0.25, 0.3) is 0 Å². The van der Waals surface area contributed by atoms with E-state index in [1.54, 1.807) is 6.92 Å². The van der Waals surface area contributed by atoms with Gasteiger partial charge in [-0.25, -0.2) is 0 Å². The molecule has 2 rings (SSSR count). The van der Waals surface area contributed by atoms with Crippen molar-refractivity contribution in [1.82, 2.24) is 0 Å². The van der Waals surface area contributed by atoms with Gasteiger partial charge in [0.2, 0.25) is 0 Å². The van der Waals surface area contributed by atoms with Crippen LogP contribution in [0.5, 0.6) is 5.75 Å². The summed E-state index contributed by atoms with van der Waals surface area (Å²) >= 11 is 0. The van der Waals surface area contributed by atoms with Gasteiger partial charge in [-0.15, -0.1) is 0 Å². The number of benzene rings is 2. The first kappa shape index (κ1) is 24.9. The Hall–Kier alpha value is -1.35. The summed E-state index contributed by atoms with van der Waals surface area (Å²) in [6.07, 6.45) is 14.3. The Labute approximate surface area is 182 Å². The lowest BCUT2D eigenvalue weighted by atomic mass is 10.1. The van der Waals surface area contributed by atoms with E-state index in [-0.39, 0.29) is 6.16 Å². The Balaban J connectivity index is 1.60. The molecule has 0 heterocycles. The average Bonchev–Trinajstić information content (AvgIpc) is 2.78. The fourth-order valence-corrected chi connectivity index (χ4v) is 4.43. The first-order chi connectivity index (χ1) is 14.7. The van der Waals surface area contributed by atoms with Gasteiger partial charge >= 0.3 is 7.60 Å². The monoisotopic (exact) mass is 434 g/mol. The molecule has 0 saturated heterocycles. The quantitative estimate of drug-likeness (QED) is 0.108. The van der Waals surface area contributed by atoms with E-state index in [4.69, 9.17) is 14.1 Å². The minimum Gasteiger partial charge on any atom is -0.328 e. The normalized spacial score (nSPS) is 13.4. The summed E-state index contributed by atoms with van der Waals surface area (Å²) < 4.78 is 23.7. The number of fused-ring (bicyclic) bond motifs is 1. The molecule has 0 radical (unpaired) electrons. The van der Waals surface area contributed by atoms with Gasteiger partial charge in [0.1, 0.15) is 0 Å². The van der Waals surface area contributed by atoms with Gasteiger partial charge in [-0.3, -0.25) is 4.57 Å². The average molecular weight is 435 g/mol. The first-order valence-corrected chi connectivity index (χ1v) is 13.5. The molecule has 2 aromatic carbocycles. The Morgan fingerprint density at radius 3 is 2.00 bits per heavy atom. The lowest BCUT2D eigenvalue weighted by Gasteiger charge is -2.16. The molecule has 0 aliphatic rings. The van der Waals surface area contributed by atoms with Crippen LogP contribution in [0.25, 0.3) is 10.8 Å². The van der Waals surface area contributed by atoms with Crippen LogP contribution >= 0.6 is 7.60 Å². The summed E-state index contributed by atoms with van der Waals surface area (Å²) in [4.78, 5) is 5.44. The minimum atomic E-state index is -3.25. The zero-order chi connectivity index (χ0) is 21.5. The molecule has 0 aliphatic carbocycles. The SMILES string of the molecule is CCCCCCCCCCCCCOP(=O)(CC)OOc1cccc2ccccc12. The Morgan fingerprint density at radius 2 is 1.33 bits per heavy atom. The van der Waals surface area contributed by atoms with Crippen LogP contribution in [0.1, 0.15) is 84.5 Å². The second-order valence-corrected chi connectivity index (χ2v) is 10.2. The lowest BCUT2D eigenvalue weighted by Crippen LogP contribution is -2.03. The first-order valence-electron chi connectivity index (χ1n) is 11.8. The highest BCUT2D eigenvalue weighted by Crippen LogP contribution is 2.48. The largest absolute Gasteiger partial charge is 0.368 e. The summed E-state index contributed by atoms with van der Waals surface area (Å²) in [6, 6.07) is 13.6. The predicted octanol–water partition coefficient (Wildman–Crippen LogP) is 8.69. The molecule has 0 fully saturated rings. The fraction of sp³-hybridized carbons (Fsp3) is 0.600. The Bertz CT molecular complexity index is 756. The van der Waals surface area contributed by atoms with Crippen LogP contribution in [0, 0.1) is 0 Å². The third-order valence-corrected chi connectivity index (χ3v) is 7.07. The maximum absolute atomic E-state index is 12.8. The Morgan fingerprint density at radius 1 is 0.733 bits per heavy atom. The van der Waals surface area contributed by atoms with E-state index in [1.165, 1.54) is 57.8 Å². The highest BCUT2D eigenvalue weighted by atomic mass is 31.2. The topological polar surface area (TPSA) is 44.8 Å². The molecule has 1 atom stereocenters. The van der Waals surface area contributed by atoms with Crippen LogP contribution in [-0.2, 0) is 13.8 Å². The Kier molecular flexibility index (Phi) is 12.1. The molecule has 30 heavy (non-hydrogen) atoms. The van der Waals surface area contributed by atoms with Crippen LogP contribution in [0.15, 0.2) is 42.5 Å². The number of hydrogen-bond acceptors (Lipinski definition) is 4. The van der Waals surface area contributed by atoms with Crippen LogP contribution in [0.2, 0.25) is 0 Å². The summed E-state index contributed by atoms with van der Waals surface area (Å²) in [6.45, 7) is 4.50. The van der Waals surface area contributed by atoms with Crippen molar-refractivity contribution >= 4 is 18.4 Å². The van der Waals surface area contributed by atoms with E-state index in [9.17, 15) is 4.57 Å². The number of unbranched alkanes of at least 4 members (excludes halogenated alkanes) is 10. The molecule has 0 bridgehead atoms. The second kappa shape index (κ2) is 14.6. The van der Waals surface area contributed by atoms with Gasteiger partial charge in [-0.2, -0.15) is 0 Å². The van der Waals surface area contributed by atoms with Crippen LogP contribution in [-0.4, -0.2) is 12.8 Å². The van der Waals surface area contributed by atoms with E-state index < -0.39 is 7.60 Å². The van der Waals surface area contributed by atoms with Crippen molar-refractivity contribution in [3.63, 3.8) is 0 Å². The molecule has 1 unspecified atom stereocenters. The van der Waals surface area contributed by atoms with E-state index in [2.05, 4.69) is 6.92 Å². The molecule has 2 aromatic rings. The maximum atomic E-state index is 12.8. The van der Waals surface area contributed by atoms with Crippen LogP contribution in [0.3, 0.4) is 0 Å². The van der Waals surface area contributed by atoms with Gasteiger partial charge in [-0.1, -0.05) is 119 Å². The van der Waals surface area contributed by atoms with Crippen molar-refractivity contribution in [3.05, 3.63) is 42.5 Å². The minimum absolute atomic E-state index is 0.287. The summed E-state index contributed by atoms with van der Waals surface area (Å²) in [7, 11) is -3.25. The van der Waals surface area contributed by atoms with E-state index >= 15 is 0 Å².